The van der Waals surface area contributed by atoms with Crippen LogP contribution in [-0.2, 0) is 11.3 Å². The van der Waals surface area contributed by atoms with Crippen molar-refractivity contribution in [2.45, 2.75) is 24.9 Å². The third-order valence-corrected chi connectivity index (χ3v) is 4.76. The third kappa shape index (κ3) is 4.24. The molecule has 1 heterocycles. The first-order valence-corrected chi connectivity index (χ1v) is 8.52. The van der Waals surface area contributed by atoms with Gasteiger partial charge in [-0.2, -0.15) is 0 Å². The van der Waals surface area contributed by atoms with E-state index < -0.39 is 0 Å². The second kappa shape index (κ2) is 7.32. The molecule has 2 aliphatic rings. The molecule has 1 saturated carbocycles. The summed E-state index contributed by atoms with van der Waals surface area (Å²) in [5.74, 6) is 0.966. The van der Waals surface area contributed by atoms with E-state index in [2.05, 4.69) is 39.4 Å². The molecule has 0 spiro atoms. The fourth-order valence-electron chi connectivity index (χ4n) is 3.14. The number of morpholine rings is 1. The predicted molar refractivity (Wildman–Crippen MR) is 93.6 cm³/mol. The maximum atomic E-state index is 5.48. The quantitative estimate of drug-likeness (QED) is 0.661. The van der Waals surface area contributed by atoms with Crippen molar-refractivity contribution in [3.63, 3.8) is 0 Å². The van der Waals surface area contributed by atoms with E-state index >= 15 is 0 Å². The zero-order chi connectivity index (χ0) is 16.1. The van der Waals surface area contributed by atoms with Crippen LogP contribution in [-0.4, -0.2) is 68.2 Å². The lowest BCUT2D eigenvalue weighted by molar-refractivity contribution is 0.0105. The van der Waals surface area contributed by atoms with Gasteiger partial charge in [-0.15, -0.1) is 0 Å². The van der Waals surface area contributed by atoms with Crippen LogP contribution in [0.5, 0.6) is 0 Å². The Labute approximate surface area is 139 Å². The molecule has 5 nitrogen and oxygen atoms in total. The zero-order valence-corrected chi connectivity index (χ0v) is 14.3. The number of rotatable bonds is 5. The number of ether oxygens (including phenoxy) is 1. The molecule has 1 N–H and O–H groups in total. The Bertz CT molecular complexity index is 519. The molecular weight excluding hydrogens is 288 g/mol. The number of aliphatic imine (C=N–C) groups is 1. The Balaban J connectivity index is 1.57. The second-order valence-electron chi connectivity index (χ2n) is 6.70. The van der Waals surface area contributed by atoms with Crippen LogP contribution >= 0.6 is 0 Å². The van der Waals surface area contributed by atoms with Crippen molar-refractivity contribution in [3.05, 3.63) is 35.9 Å². The second-order valence-corrected chi connectivity index (χ2v) is 6.70. The van der Waals surface area contributed by atoms with Crippen LogP contribution < -0.4 is 5.32 Å². The number of nitrogens with zero attached hydrogens (tertiary/aromatic N) is 3. The van der Waals surface area contributed by atoms with Gasteiger partial charge in [0.1, 0.15) is 0 Å². The highest BCUT2D eigenvalue weighted by Crippen LogP contribution is 2.41. The SMILES string of the molecule is CN(C)C(=NCc1ccccc1)NCC1(N2CCOCC2)CC1. The summed E-state index contributed by atoms with van der Waals surface area (Å²) in [6.07, 6.45) is 2.55. The highest BCUT2D eigenvalue weighted by molar-refractivity contribution is 5.79. The van der Waals surface area contributed by atoms with Crippen LogP contribution in [0.2, 0.25) is 0 Å². The van der Waals surface area contributed by atoms with Gasteiger partial charge in [-0.25, -0.2) is 4.99 Å². The minimum Gasteiger partial charge on any atom is -0.379 e. The lowest BCUT2D eigenvalue weighted by Gasteiger charge is -2.35. The van der Waals surface area contributed by atoms with Crippen LogP contribution in [0, 0.1) is 0 Å². The van der Waals surface area contributed by atoms with Gasteiger partial charge >= 0.3 is 0 Å². The summed E-state index contributed by atoms with van der Waals surface area (Å²) in [4.78, 5) is 9.42. The number of benzene rings is 1. The van der Waals surface area contributed by atoms with E-state index in [4.69, 9.17) is 9.73 Å². The van der Waals surface area contributed by atoms with Crippen LogP contribution in [0.1, 0.15) is 18.4 Å². The molecule has 0 bridgehead atoms. The van der Waals surface area contributed by atoms with Gasteiger partial charge in [-0.05, 0) is 18.4 Å². The monoisotopic (exact) mass is 316 g/mol. The van der Waals surface area contributed by atoms with Crippen molar-refractivity contribution in [1.82, 2.24) is 15.1 Å². The Morgan fingerprint density at radius 3 is 2.52 bits per heavy atom. The molecule has 5 heteroatoms. The van der Waals surface area contributed by atoms with E-state index in [0.717, 1.165) is 38.8 Å². The Hall–Kier alpha value is -1.59. The molecule has 0 radical (unpaired) electrons. The largest absolute Gasteiger partial charge is 0.379 e. The molecular formula is C18H28N4O. The summed E-state index contributed by atoms with van der Waals surface area (Å²) in [5.41, 5.74) is 1.57. The maximum Gasteiger partial charge on any atom is 0.193 e. The third-order valence-electron chi connectivity index (χ3n) is 4.76. The summed E-state index contributed by atoms with van der Waals surface area (Å²) in [5, 5.41) is 3.58. The van der Waals surface area contributed by atoms with Crippen LogP contribution in [0.25, 0.3) is 0 Å². The molecule has 0 aromatic heterocycles. The summed E-state index contributed by atoms with van der Waals surface area (Å²) < 4.78 is 5.48. The van der Waals surface area contributed by atoms with Crippen molar-refractivity contribution in [1.29, 1.82) is 0 Å². The maximum absolute atomic E-state index is 5.48. The van der Waals surface area contributed by atoms with Crippen molar-refractivity contribution >= 4 is 5.96 Å². The Morgan fingerprint density at radius 2 is 1.91 bits per heavy atom. The summed E-state index contributed by atoms with van der Waals surface area (Å²) in [6.45, 7) is 5.53. The molecule has 1 saturated heterocycles. The smallest absolute Gasteiger partial charge is 0.193 e. The molecule has 1 aromatic carbocycles. The Kier molecular flexibility index (Phi) is 5.18. The molecule has 3 rings (SSSR count). The summed E-state index contributed by atoms with van der Waals surface area (Å²) in [7, 11) is 4.09. The van der Waals surface area contributed by atoms with Gasteiger partial charge in [-0.1, -0.05) is 30.3 Å². The van der Waals surface area contributed by atoms with Gasteiger partial charge in [-0.3, -0.25) is 4.90 Å². The molecule has 23 heavy (non-hydrogen) atoms. The van der Waals surface area contributed by atoms with Crippen LogP contribution in [0.15, 0.2) is 35.3 Å². The van der Waals surface area contributed by atoms with E-state index in [1.165, 1.54) is 18.4 Å². The fraction of sp³-hybridized carbons (Fsp3) is 0.611. The summed E-state index contributed by atoms with van der Waals surface area (Å²) >= 11 is 0. The minimum atomic E-state index is 0.327. The van der Waals surface area contributed by atoms with E-state index in [9.17, 15) is 0 Å². The first-order valence-electron chi connectivity index (χ1n) is 8.52. The molecule has 2 fully saturated rings. The Morgan fingerprint density at radius 1 is 1.22 bits per heavy atom. The average molecular weight is 316 g/mol. The molecule has 1 aliphatic heterocycles. The minimum absolute atomic E-state index is 0.327. The van der Waals surface area contributed by atoms with Gasteiger partial charge in [0.2, 0.25) is 0 Å². The van der Waals surface area contributed by atoms with Crippen molar-refractivity contribution in [2.75, 3.05) is 46.9 Å². The van der Waals surface area contributed by atoms with E-state index in [0.29, 0.717) is 12.1 Å². The predicted octanol–water partition coefficient (Wildman–Crippen LogP) is 1.56. The first kappa shape index (κ1) is 16.3. The van der Waals surface area contributed by atoms with Crippen molar-refractivity contribution in [2.24, 2.45) is 4.99 Å². The number of nitrogens with one attached hydrogen (secondary N) is 1. The zero-order valence-electron chi connectivity index (χ0n) is 14.3. The van der Waals surface area contributed by atoms with Crippen LogP contribution in [0.3, 0.4) is 0 Å². The highest BCUT2D eigenvalue weighted by atomic mass is 16.5. The van der Waals surface area contributed by atoms with Gasteiger partial charge in [0.25, 0.3) is 0 Å². The number of hydrogen-bond donors (Lipinski definition) is 1. The molecule has 0 amide bonds. The van der Waals surface area contributed by atoms with Gasteiger partial charge in [0.05, 0.1) is 19.8 Å². The molecule has 126 valence electrons. The fourth-order valence-corrected chi connectivity index (χ4v) is 3.14. The number of hydrogen-bond acceptors (Lipinski definition) is 3. The topological polar surface area (TPSA) is 40.1 Å². The number of guanidine groups is 1. The van der Waals surface area contributed by atoms with Crippen molar-refractivity contribution < 1.29 is 4.74 Å². The van der Waals surface area contributed by atoms with Gasteiger partial charge in [0, 0.05) is 39.3 Å². The first-order chi connectivity index (χ1) is 11.2. The molecule has 0 atom stereocenters. The van der Waals surface area contributed by atoms with E-state index in [1.807, 2.05) is 20.2 Å². The lowest BCUT2D eigenvalue weighted by Crippen LogP contribution is -2.52. The standard InChI is InChI=1S/C18H28N4O/c1-21(2)17(19-14-16-6-4-3-5-7-16)20-15-18(8-9-18)22-10-12-23-13-11-22/h3-7H,8-15H2,1-2H3,(H,19,20). The van der Waals surface area contributed by atoms with E-state index in [1.54, 1.807) is 0 Å². The summed E-state index contributed by atoms with van der Waals surface area (Å²) in [6, 6.07) is 10.4. The normalized spacial score (nSPS) is 21.0. The molecule has 1 aromatic rings. The van der Waals surface area contributed by atoms with Gasteiger partial charge in [0.15, 0.2) is 5.96 Å². The molecule has 1 aliphatic carbocycles. The lowest BCUT2D eigenvalue weighted by atomic mass is 10.2. The molecule has 0 unspecified atom stereocenters. The van der Waals surface area contributed by atoms with Crippen molar-refractivity contribution in [3.8, 4) is 0 Å². The van der Waals surface area contributed by atoms with E-state index in [-0.39, 0.29) is 0 Å². The van der Waals surface area contributed by atoms with Crippen LogP contribution in [0.4, 0.5) is 0 Å². The average Bonchev–Trinajstić information content (AvgIpc) is 3.37. The van der Waals surface area contributed by atoms with Gasteiger partial charge < -0.3 is 15.0 Å². The highest BCUT2D eigenvalue weighted by Gasteiger charge is 2.48.